The van der Waals surface area contributed by atoms with Crippen molar-refractivity contribution in [3.8, 4) is 6.07 Å². The van der Waals surface area contributed by atoms with E-state index in [1.165, 1.54) is 5.56 Å². The summed E-state index contributed by atoms with van der Waals surface area (Å²) in [6.45, 7) is 2.70. The summed E-state index contributed by atoms with van der Waals surface area (Å²) in [6, 6.07) is 13.9. The number of benzene rings is 1. The van der Waals surface area contributed by atoms with Crippen LogP contribution in [0.5, 0.6) is 0 Å². The fraction of sp³-hybridized carbons (Fsp3) is 0.214. The summed E-state index contributed by atoms with van der Waals surface area (Å²) in [6.07, 6.45) is 0. The fourth-order valence-electron chi connectivity index (χ4n) is 1.66. The second-order valence-electron chi connectivity index (χ2n) is 4.03. The van der Waals surface area contributed by atoms with Crippen LogP contribution in [0.1, 0.15) is 30.0 Å². The average molecular weight is 305 g/mol. The van der Waals surface area contributed by atoms with E-state index in [1.807, 2.05) is 24.3 Å². The number of rotatable bonds is 4. The molecule has 0 saturated heterocycles. The second kappa shape index (κ2) is 5.85. The van der Waals surface area contributed by atoms with Gasteiger partial charge in [-0.25, -0.2) is 0 Å². The van der Waals surface area contributed by atoms with Gasteiger partial charge in [0.15, 0.2) is 0 Å². The topological polar surface area (TPSA) is 49.0 Å². The molecule has 1 aromatic heterocycles. The fourth-order valence-corrected chi connectivity index (χ4v) is 1.92. The lowest BCUT2D eigenvalue weighted by atomic mass is 10.1. The van der Waals surface area contributed by atoms with Crippen molar-refractivity contribution < 1.29 is 4.42 Å². The lowest BCUT2D eigenvalue weighted by Crippen LogP contribution is -2.17. The molecule has 2 rings (SSSR count). The first-order valence-corrected chi connectivity index (χ1v) is 6.46. The van der Waals surface area contributed by atoms with E-state index < -0.39 is 0 Å². The van der Waals surface area contributed by atoms with Crippen LogP contribution in [0, 0.1) is 11.3 Å². The summed E-state index contributed by atoms with van der Waals surface area (Å²) in [7, 11) is 0. The Morgan fingerprint density at radius 1 is 1.28 bits per heavy atom. The van der Waals surface area contributed by atoms with Crippen molar-refractivity contribution in [2.24, 2.45) is 0 Å². The molecular formula is C14H13BrN2O. The standard InChI is InChI=1S/C14H13BrN2O/c1-10(11-2-4-12(15)5-3-11)17-9-14-7-6-13(8-16)18-14/h2-7,10,17H,9H2,1H3/t10-/m0/s1. The monoisotopic (exact) mass is 304 g/mol. The van der Waals surface area contributed by atoms with Gasteiger partial charge < -0.3 is 9.73 Å². The van der Waals surface area contributed by atoms with Gasteiger partial charge in [0.2, 0.25) is 5.76 Å². The second-order valence-corrected chi connectivity index (χ2v) is 4.95. The normalized spacial score (nSPS) is 12.1. The minimum Gasteiger partial charge on any atom is -0.449 e. The molecule has 1 atom stereocenters. The van der Waals surface area contributed by atoms with Gasteiger partial charge in [-0.1, -0.05) is 28.1 Å². The highest BCUT2D eigenvalue weighted by Gasteiger charge is 2.06. The summed E-state index contributed by atoms with van der Waals surface area (Å²) < 4.78 is 6.38. The zero-order valence-corrected chi connectivity index (χ0v) is 11.6. The molecule has 4 heteroatoms. The molecule has 0 unspecified atom stereocenters. The number of hydrogen-bond donors (Lipinski definition) is 1. The molecule has 2 aromatic rings. The third-order valence-corrected chi connectivity index (χ3v) is 3.25. The number of nitrogens with zero attached hydrogens (tertiary/aromatic N) is 1. The van der Waals surface area contributed by atoms with Crippen molar-refractivity contribution in [3.05, 3.63) is 58.0 Å². The Kier molecular flexibility index (Phi) is 4.19. The van der Waals surface area contributed by atoms with Gasteiger partial charge in [-0.3, -0.25) is 0 Å². The van der Waals surface area contributed by atoms with Crippen molar-refractivity contribution in [2.45, 2.75) is 19.5 Å². The first kappa shape index (κ1) is 12.9. The molecule has 92 valence electrons. The lowest BCUT2D eigenvalue weighted by Gasteiger charge is -2.13. The maximum Gasteiger partial charge on any atom is 0.203 e. The van der Waals surface area contributed by atoms with Crippen LogP contribution in [-0.4, -0.2) is 0 Å². The van der Waals surface area contributed by atoms with Crippen molar-refractivity contribution in [2.75, 3.05) is 0 Å². The summed E-state index contributed by atoms with van der Waals surface area (Å²) in [5, 5.41) is 12.0. The predicted molar refractivity (Wildman–Crippen MR) is 72.8 cm³/mol. The zero-order chi connectivity index (χ0) is 13.0. The van der Waals surface area contributed by atoms with E-state index in [-0.39, 0.29) is 6.04 Å². The molecule has 0 saturated carbocycles. The van der Waals surface area contributed by atoms with Crippen LogP contribution in [0.25, 0.3) is 0 Å². The van der Waals surface area contributed by atoms with Gasteiger partial charge >= 0.3 is 0 Å². The smallest absolute Gasteiger partial charge is 0.203 e. The van der Waals surface area contributed by atoms with E-state index in [9.17, 15) is 0 Å². The third-order valence-electron chi connectivity index (χ3n) is 2.72. The molecular weight excluding hydrogens is 292 g/mol. The van der Waals surface area contributed by atoms with Gasteiger partial charge in [0, 0.05) is 10.5 Å². The van der Waals surface area contributed by atoms with Gasteiger partial charge in [0.05, 0.1) is 6.54 Å². The molecule has 0 fully saturated rings. The van der Waals surface area contributed by atoms with Gasteiger partial charge in [-0.2, -0.15) is 5.26 Å². The van der Waals surface area contributed by atoms with Crippen LogP contribution < -0.4 is 5.32 Å². The number of hydrogen-bond acceptors (Lipinski definition) is 3. The Hall–Kier alpha value is -1.57. The molecule has 0 amide bonds. The number of furan rings is 1. The number of nitrogens with one attached hydrogen (secondary N) is 1. The maximum atomic E-state index is 8.66. The molecule has 3 nitrogen and oxygen atoms in total. The van der Waals surface area contributed by atoms with Crippen LogP contribution in [0.2, 0.25) is 0 Å². The van der Waals surface area contributed by atoms with Crippen LogP contribution in [0.15, 0.2) is 45.3 Å². The maximum absolute atomic E-state index is 8.66. The third kappa shape index (κ3) is 3.22. The Labute approximate surface area is 115 Å². The zero-order valence-electron chi connectivity index (χ0n) is 9.98. The molecule has 0 aliphatic heterocycles. The molecule has 0 bridgehead atoms. The van der Waals surface area contributed by atoms with Crippen molar-refractivity contribution >= 4 is 15.9 Å². The minimum atomic E-state index is 0.230. The van der Waals surface area contributed by atoms with E-state index in [1.54, 1.807) is 6.07 Å². The molecule has 0 spiro atoms. The average Bonchev–Trinajstić information content (AvgIpc) is 2.85. The van der Waals surface area contributed by atoms with Crippen LogP contribution in [0.4, 0.5) is 0 Å². The summed E-state index contributed by atoms with van der Waals surface area (Å²) in [5.41, 5.74) is 1.21. The van der Waals surface area contributed by atoms with Gasteiger partial charge in [0.25, 0.3) is 0 Å². The van der Waals surface area contributed by atoms with E-state index in [0.29, 0.717) is 12.3 Å². The molecule has 1 heterocycles. The van der Waals surface area contributed by atoms with Gasteiger partial charge in [0.1, 0.15) is 11.8 Å². The molecule has 1 N–H and O–H groups in total. The summed E-state index contributed by atoms with van der Waals surface area (Å²) >= 11 is 3.41. The van der Waals surface area contributed by atoms with E-state index in [4.69, 9.17) is 9.68 Å². The highest BCUT2D eigenvalue weighted by molar-refractivity contribution is 9.10. The minimum absolute atomic E-state index is 0.230. The number of halogens is 1. The van der Waals surface area contributed by atoms with E-state index in [0.717, 1.165) is 10.2 Å². The van der Waals surface area contributed by atoms with Crippen molar-refractivity contribution in [1.82, 2.24) is 5.32 Å². The summed E-state index contributed by atoms with van der Waals surface area (Å²) in [4.78, 5) is 0. The lowest BCUT2D eigenvalue weighted by molar-refractivity contribution is 0.453. The van der Waals surface area contributed by atoms with Crippen LogP contribution in [0.3, 0.4) is 0 Å². The van der Waals surface area contributed by atoms with Crippen molar-refractivity contribution in [1.29, 1.82) is 5.26 Å². The first-order valence-electron chi connectivity index (χ1n) is 5.66. The SMILES string of the molecule is C[C@H](NCc1ccc(C#N)o1)c1ccc(Br)cc1. The Morgan fingerprint density at radius 2 is 2.00 bits per heavy atom. The predicted octanol–water partition coefficient (Wildman–Crippen LogP) is 3.76. The van der Waals surface area contributed by atoms with Gasteiger partial charge in [-0.15, -0.1) is 0 Å². The highest BCUT2D eigenvalue weighted by atomic mass is 79.9. The molecule has 0 aliphatic rings. The van der Waals surface area contributed by atoms with E-state index >= 15 is 0 Å². The van der Waals surface area contributed by atoms with Gasteiger partial charge in [-0.05, 0) is 36.8 Å². The molecule has 18 heavy (non-hydrogen) atoms. The largest absolute Gasteiger partial charge is 0.449 e. The first-order chi connectivity index (χ1) is 8.69. The van der Waals surface area contributed by atoms with Crippen LogP contribution >= 0.6 is 15.9 Å². The Morgan fingerprint density at radius 3 is 2.61 bits per heavy atom. The Balaban J connectivity index is 1.94. The Bertz CT molecular complexity index is 554. The quantitative estimate of drug-likeness (QED) is 0.935. The molecule has 0 aliphatic carbocycles. The van der Waals surface area contributed by atoms with Crippen LogP contribution in [-0.2, 0) is 6.54 Å². The van der Waals surface area contributed by atoms with Crippen molar-refractivity contribution in [3.63, 3.8) is 0 Å². The highest BCUT2D eigenvalue weighted by Crippen LogP contribution is 2.17. The van der Waals surface area contributed by atoms with E-state index in [2.05, 4.69) is 40.3 Å². The number of nitriles is 1. The summed E-state index contributed by atoms with van der Waals surface area (Å²) in [5.74, 6) is 1.12. The molecule has 1 aromatic carbocycles. The molecule has 0 radical (unpaired) electrons.